The van der Waals surface area contributed by atoms with Crippen LogP contribution in [0.2, 0.25) is 0 Å². The molecule has 1 aromatic heterocycles. The van der Waals surface area contributed by atoms with Crippen LogP contribution >= 0.6 is 0 Å². The van der Waals surface area contributed by atoms with E-state index < -0.39 is 9.84 Å². The van der Waals surface area contributed by atoms with E-state index >= 15 is 0 Å². The average molecular weight is 258 g/mol. The lowest BCUT2D eigenvalue weighted by Gasteiger charge is -2.15. The summed E-state index contributed by atoms with van der Waals surface area (Å²) in [5.74, 6) is 0.238. The van der Waals surface area contributed by atoms with Crippen molar-refractivity contribution in [1.29, 1.82) is 0 Å². The van der Waals surface area contributed by atoms with Crippen molar-refractivity contribution in [2.24, 2.45) is 7.05 Å². The number of sulfone groups is 1. The van der Waals surface area contributed by atoms with Gasteiger partial charge in [-0.25, -0.2) is 17.8 Å². The van der Waals surface area contributed by atoms with E-state index in [9.17, 15) is 13.2 Å². The standard InChI is InChI=1S/C10H16N3O3S/c1-11-4-5-13(9-11)10(14)12-3-2-7-17(15,16)8-6-12/h4-5,9H,2-3,6-8H2,1H3/q+1. The van der Waals surface area contributed by atoms with Crippen LogP contribution in [0.5, 0.6) is 0 Å². The topological polar surface area (TPSA) is 63.3 Å². The minimum Gasteiger partial charge on any atom is -0.303 e. The Bertz CT molecular complexity index is 521. The highest BCUT2D eigenvalue weighted by Gasteiger charge is 2.26. The highest BCUT2D eigenvalue weighted by Crippen LogP contribution is 2.06. The third-order valence-corrected chi connectivity index (χ3v) is 4.53. The van der Waals surface area contributed by atoms with Crippen molar-refractivity contribution >= 4 is 15.9 Å². The zero-order valence-corrected chi connectivity index (χ0v) is 10.6. The third-order valence-electron chi connectivity index (χ3n) is 2.82. The number of hydrogen-bond acceptors (Lipinski definition) is 3. The van der Waals surface area contributed by atoms with Gasteiger partial charge < -0.3 is 4.90 Å². The molecule has 0 atom stereocenters. The molecular weight excluding hydrogens is 242 g/mol. The van der Waals surface area contributed by atoms with Crippen LogP contribution < -0.4 is 4.57 Å². The van der Waals surface area contributed by atoms with Gasteiger partial charge in [-0.2, -0.15) is 4.57 Å². The monoisotopic (exact) mass is 258 g/mol. The minimum absolute atomic E-state index is 0.0616. The summed E-state index contributed by atoms with van der Waals surface area (Å²) in [6, 6.07) is -0.164. The lowest BCUT2D eigenvalue weighted by Crippen LogP contribution is -2.37. The molecule has 17 heavy (non-hydrogen) atoms. The molecule has 1 aromatic rings. The van der Waals surface area contributed by atoms with Gasteiger partial charge in [0, 0.05) is 13.1 Å². The highest BCUT2D eigenvalue weighted by atomic mass is 32.2. The largest absolute Gasteiger partial charge is 0.415 e. The number of nitrogens with zero attached hydrogens (tertiary/aromatic N) is 3. The molecule has 0 spiro atoms. The number of carbonyl (C=O) groups excluding carboxylic acids is 1. The van der Waals surface area contributed by atoms with Gasteiger partial charge in [0.15, 0.2) is 9.84 Å². The molecule has 0 N–H and O–H groups in total. The Kier molecular flexibility index (Phi) is 3.19. The molecular formula is C10H16N3O3S+. The Labute approximate surface area is 100 Å². The van der Waals surface area contributed by atoms with E-state index in [2.05, 4.69) is 0 Å². The molecule has 1 amide bonds. The van der Waals surface area contributed by atoms with E-state index in [1.165, 1.54) is 4.57 Å². The number of imidazole rings is 1. The quantitative estimate of drug-likeness (QED) is 0.584. The van der Waals surface area contributed by atoms with Crippen LogP contribution in [0.25, 0.3) is 0 Å². The number of hydrogen-bond donors (Lipinski definition) is 0. The van der Waals surface area contributed by atoms with Crippen LogP contribution in [0.1, 0.15) is 6.42 Å². The van der Waals surface area contributed by atoms with Crippen molar-refractivity contribution in [3.05, 3.63) is 18.7 Å². The Morgan fingerprint density at radius 1 is 1.29 bits per heavy atom. The van der Waals surface area contributed by atoms with Gasteiger partial charge in [0.2, 0.25) is 0 Å². The molecule has 94 valence electrons. The maximum absolute atomic E-state index is 12.1. The molecule has 0 saturated carbocycles. The first-order chi connectivity index (χ1) is 7.98. The fraction of sp³-hybridized carbons (Fsp3) is 0.600. The number of carbonyl (C=O) groups is 1. The minimum atomic E-state index is -2.97. The van der Waals surface area contributed by atoms with Crippen molar-refractivity contribution in [3.63, 3.8) is 0 Å². The molecule has 0 bridgehead atoms. The van der Waals surface area contributed by atoms with E-state index in [0.29, 0.717) is 13.0 Å². The highest BCUT2D eigenvalue weighted by molar-refractivity contribution is 7.91. The fourth-order valence-corrected chi connectivity index (χ4v) is 3.13. The van der Waals surface area contributed by atoms with Crippen LogP contribution in [0.4, 0.5) is 4.79 Å². The Morgan fingerprint density at radius 3 is 2.71 bits per heavy atom. The average Bonchev–Trinajstić information content (AvgIpc) is 2.60. The molecule has 0 radical (unpaired) electrons. The van der Waals surface area contributed by atoms with Crippen LogP contribution in [0, 0.1) is 0 Å². The second-order valence-electron chi connectivity index (χ2n) is 4.26. The maximum atomic E-state index is 12.1. The van der Waals surface area contributed by atoms with E-state index in [1.54, 1.807) is 28.2 Å². The normalized spacial score (nSPS) is 19.9. The molecule has 1 aliphatic rings. The number of amides is 1. The van der Waals surface area contributed by atoms with Crippen molar-refractivity contribution in [2.45, 2.75) is 6.42 Å². The van der Waals surface area contributed by atoms with Crippen LogP contribution in [-0.2, 0) is 16.9 Å². The van der Waals surface area contributed by atoms with Crippen LogP contribution in [0.3, 0.4) is 0 Å². The van der Waals surface area contributed by atoms with E-state index in [1.807, 2.05) is 7.05 Å². The first-order valence-corrected chi connectivity index (χ1v) is 7.33. The molecule has 1 fully saturated rings. The Morgan fingerprint density at radius 2 is 2.06 bits per heavy atom. The lowest BCUT2D eigenvalue weighted by atomic mass is 10.4. The molecule has 0 unspecified atom stereocenters. The van der Waals surface area contributed by atoms with E-state index in [4.69, 9.17) is 0 Å². The molecule has 2 heterocycles. The molecule has 1 aliphatic heterocycles. The van der Waals surface area contributed by atoms with Gasteiger partial charge in [0.05, 0.1) is 18.6 Å². The Balaban J connectivity index is 2.10. The summed E-state index contributed by atoms with van der Waals surface area (Å²) >= 11 is 0. The van der Waals surface area contributed by atoms with Crippen molar-refractivity contribution in [1.82, 2.24) is 9.47 Å². The molecule has 0 aliphatic carbocycles. The molecule has 2 rings (SSSR count). The summed E-state index contributed by atoms with van der Waals surface area (Å²) < 4.78 is 26.1. The fourth-order valence-electron chi connectivity index (χ4n) is 1.86. The summed E-state index contributed by atoms with van der Waals surface area (Å²) in [4.78, 5) is 13.6. The summed E-state index contributed by atoms with van der Waals surface area (Å²) in [6.45, 7) is 0.781. The second-order valence-corrected chi connectivity index (χ2v) is 6.56. The summed E-state index contributed by atoms with van der Waals surface area (Å²) in [7, 11) is -1.14. The zero-order valence-electron chi connectivity index (χ0n) is 9.74. The van der Waals surface area contributed by atoms with Crippen molar-refractivity contribution in [3.8, 4) is 0 Å². The predicted octanol–water partition coefficient (Wildman–Crippen LogP) is -0.599. The van der Waals surface area contributed by atoms with Gasteiger partial charge in [-0.3, -0.25) is 0 Å². The van der Waals surface area contributed by atoms with Gasteiger partial charge in [0.25, 0.3) is 6.33 Å². The number of aryl methyl sites for hydroxylation is 1. The van der Waals surface area contributed by atoms with Gasteiger partial charge >= 0.3 is 6.03 Å². The molecule has 0 aromatic carbocycles. The van der Waals surface area contributed by atoms with Gasteiger partial charge in [-0.1, -0.05) is 0 Å². The molecule has 7 heteroatoms. The zero-order chi connectivity index (χ0) is 12.5. The first-order valence-electron chi connectivity index (χ1n) is 5.51. The van der Waals surface area contributed by atoms with E-state index in [-0.39, 0.29) is 24.1 Å². The summed E-state index contributed by atoms with van der Waals surface area (Å²) in [5.41, 5.74) is 0. The maximum Gasteiger partial charge on any atom is 0.415 e. The van der Waals surface area contributed by atoms with Crippen molar-refractivity contribution in [2.75, 3.05) is 24.6 Å². The van der Waals surface area contributed by atoms with Gasteiger partial charge in [-0.15, -0.1) is 0 Å². The van der Waals surface area contributed by atoms with Crippen LogP contribution in [-0.4, -0.2) is 48.5 Å². The number of aromatic nitrogens is 2. The summed E-state index contributed by atoms with van der Waals surface area (Å²) in [6.07, 6.45) is 5.62. The van der Waals surface area contributed by atoms with Gasteiger partial charge in [-0.05, 0) is 6.42 Å². The molecule has 6 nitrogen and oxygen atoms in total. The summed E-state index contributed by atoms with van der Waals surface area (Å²) in [5, 5.41) is 0. The van der Waals surface area contributed by atoms with Crippen LogP contribution in [0.15, 0.2) is 18.7 Å². The number of rotatable bonds is 0. The molecule has 1 saturated heterocycles. The second kappa shape index (κ2) is 4.48. The Hall–Kier alpha value is -1.37. The smallest absolute Gasteiger partial charge is 0.303 e. The third kappa shape index (κ3) is 2.85. The van der Waals surface area contributed by atoms with Crippen molar-refractivity contribution < 1.29 is 17.8 Å². The SMILES string of the molecule is C[n+]1ccn(C(=O)N2CCCS(=O)(=O)CC2)c1. The lowest BCUT2D eigenvalue weighted by molar-refractivity contribution is -0.670. The van der Waals surface area contributed by atoms with E-state index in [0.717, 1.165) is 0 Å². The van der Waals surface area contributed by atoms with Gasteiger partial charge in [0.1, 0.15) is 12.4 Å². The predicted molar refractivity (Wildman–Crippen MR) is 61.2 cm³/mol. The first kappa shape index (κ1) is 12.1.